The van der Waals surface area contributed by atoms with Crippen LogP contribution in [0.3, 0.4) is 0 Å². The number of likely N-dealkylation sites (tertiary alicyclic amines) is 1. The first kappa shape index (κ1) is 27.3. The number of methoxy groups -OCH3 is 1. The molecular formula is C29H28Cl3N5O2. The van der Waals surface area contributed by atoms with Gasteiger partial charge in [0, 0.05) is 24.6 Å². The van der Waals surface area contributed by atoms with E-state index >= 15 is 0 Å². The number of fused-ring (bicyclic) bond motifs is 1. The number of anilines is 1. The normalized spacial score (nSPS) is 15.5. The van der Waals surface area contributed by atoms with Crippen LogP contribution in [0.1, 0.15) is 35.6 Å². The highest BCUT2D eigenvalue weighted by Gasteiger charge is 2.31. The van der Waals surface area contributed by atoms with Crippen LogP contribution in [0.4, 0.5) is 5.82 Å². The van der Waals surface area contributed by atoms with Crippen molar-refractivity contribution in [2.75, 3.05) is 25.9 Å². The molecule has 1 atom stereocenters. The quantitative estimate of drug-likeness (QED) is 0.247. The average Bonchev–Trinajstić information content (AvgIpc) is 3.26. The number of ether oxygens (including phenoxy) is 1. The summed E-state index contributed by atoms with van der Waals surface area (Å²) in [7, 11) is 1.65. The number of carbonyl (C=O) groups is 1. The van der Waals surface area contributed by atoms with Crippen molar-refractivity contribution >= 4 is 52.0 Å². The number of piperidine rings is 1. The second-order valence-corrected chi connectivity index (χ2v) is 10.8. The maximum absolute atomic E-state index is 12.3. The monoisotopic (exact) mass is 583 g/mol. The fourth-order valence-electron chi connectivity index (χ4n) is 5.33. The summed E-state index contributed by atoms with van der Waals surface area (Å²) in [5.41, 5.74) is 11.5. The molecule has 2 aromatic carbocycles. The van der Waals surface area contributed by atoms with Gasteiger partial charge in [0.05, 0.1) is 27.9 Å². The summed E-state index contributed by atoms with van der Waals surface area (Å²) >= 11 is 19.4. The summed E-state index contributed by atoms with van der Waals surface area (Å²) in [4.78, 5) is 18.4. The molecule has 202 valence electrons. The van der Waals surface area contributed by atoms with Crippen molar-refractivity contribution in [3.63, 3.8) is 0 Å². The highest BCUT2D eigenvalue weighted by atomic mass is 35.5. The molecule has 1 unspecified atom stereocenters. The van der Waals surface area contributed by atoms with Crippen LogP contribution in [-0.4, -0.2) is 45.6 Å². The third-order valence-corrected chi connectivity index (χ3v) is 8.39. The van der Waals surface area contributed by atoms with Gasteiger partial charge in [-0.05, 0) is 66.6 Å². The Balaban J connectivity index is 1.53. The number of nitrogens with two attached hydrogens (primary N) is 1. The Morgan fingerprint density at radius 1 is 1.18 bits per heavy atom. The minimum atomic E-state index is -0.0905. The Kier molecular flexibility index (Phi) is 8.03. The van der Waals surface area contributed by atoms with Gasteiger partial charge in [-0.1, -0.05) is 59.6 Å². The van der Waals surface area contributed by atoms with Crippen molar-refractivity contribution in [2.45, 2.75) is 31.6 Å². The SMILES string of the molecule is C=CC(=O)N1CCCC(c2c(Cl)c(-c3ccc(CCc4ccc(Cl)c(Cl)c4)c(OC)c3)c3c(N)ncnn23)C1. The van der Waals surface area contributed by atoms with Gasteiger partial charge in [-0.2, -0.15) is 5.10 Å². The minimum absolute atomic E-state index is 0.0157. The standard InChI is InChI=1S/C29H28Cl3N5O2/c1-3-24(38)36-12-4-5-20(15-36)27-26(32)25(28-29(33)34-16-35-37(27)28)19-10-9-18(23(14-19)39-2)8-6-17-7-11-21(30)22(31)13-17/h3,7,9-11,13-14,16,20H,1,4-6,8,12,15H2,2H3,(H2,33,34,35). The van der Waals surface area contributed by atoms with E-state index in [0.717, 1.165) is 59.4 Å². The number of aromatic nitrogens is 3. The number of benzene rings is 2. The fourth-order valence-corrected chi connectivity index (χ4v) is 6.09. The molecule has 0 radical (unpaired) electrons. The molecule has 4 aromatic rings. The molecule has 0 aliphatic carbocycles. The van der Waals surface area contributed by atoms with Gasteiger partial charge < -0.3 is 15.4 Å². The van der Waals surface area contributed by atoms with Crippen molar-refractivity contribution in [1.82, 2.24) is 19.5 Å². The van der Waals surface area contributed by atoms with Gasteiger partial charge in [0.2, 0.25) is 5.91 Å². The van der Waals surface area contributed by atoms with Gasteiger partial charge in [-0.25, -0.2) is 9.50 Å². The molecule has 0 bridgehead atoms. The summed E-state index contributed by atoms with van der Waals surface area (Å²) in [5.74, 6) is 0.955. The average molecular weight is 585 g/mol. The lowest BCUT2D eigenvalue weighted by molar-refractivity contribution is -0.127. The van der Waals surface area contributed by atoms with E-state index in [1.807, 2.05) is 36.4 Å². The third kappa shape index (κ3) is 5.31. The van der Waals surface area contributed by atoms with Gasteiger partial charge in [0.1, 0.15) is 17.6 Å². The molecule has 0 spiro atoms. The maximum atomic E-state index is 12.3. The predicted octanol–water partition coefficient (Wildman–Crippen LogP) is 6.62. The Bertz CT molecular complexity index is 1570. The number of nitrogen functional groups attached to an aromatic ring is 1. The molecule has 0 saturated carbocycles. The first-order valence-electron chi connectivity index (χ1n) is 12.7. The maximum Gasteiger partial charge on any atom is 0.245 e. The smallest absolute Gasteiger partial charge is 0.245 e. The molecule has 1 aliphatic heterocycles. The first-order valence-corrected chi connectivity index (χ1v) is 13.8. The van der Waals surface area contributed by atoms with Crippen LogP contribution in [0, 0.1) is 0 Å². The van der Waals surface area contributed by atoms with Crippen LogP contribution in [0.2, 0.25) is 15.1 Å². The van der Waals surface area contributed by atoms with Gasteiger partial charge in [-0.15, -0.1) is 0 Å². The topological polar surface area (TPSA) is 85.8 Å². The van der Waals surface area contributed by atoms with E-state index in [1.54, 1.807) is 16.5 Å². The molecule has 39 heavy (non-hydrogen) atoms. The molecule has 3 heterocycles. The van der Waals surface area contributed by atoms with E-state index in [4.69, 9.17) is 45.3 Å². The number of rotatable bonds is 7. The number of aryl methyl sites for hydroxylation is 2. The third-order valence-electron chi connectivity index (χ3n) is 7.26. The summed E-state index contributed by atoms with van der Waals surface area (Å²) in [6.07, 6.45) is 6.01. The van der Waals surface area contributed by atoms with E-state index in [9.17, 15) is 4.79 Å². The molecule has 1 saturated heterocycles. The van der Waals surface area contributed by atoms with Crippen molar-refractivity contribution in [2.24, 2.45) is 0 Å². The van der Waals surface area contributed by atoms with Crippen molar-refractivity contribution in [3.8, 4) is 16.9 Å². The second-order valence-electron chi connectivity index (χ2n) is 9.58. The molecule has 2 aromatic heterocycles. The lowest BCUT2D eigenvalue weighted by Gasteiger charge is -2.32. The number of hydrogen-bond acceptors (Lipinski definition) is 5. The Morgan fingerprint density at radius 3 is 2.74 bits per heavy atom. The molecule has 1 fully saturated rings. The van der Waals surface area contributed by atoms with Crippen LogP contribution in [0.5, 0.6) is 5.75 Å². The number of carbonyl (C=O) groups excluding carboxylic acids is 1. The van der Waals surface area contributed by atoms with Gasteiger partial charge in [-0.3, -0.25) is 4.79 Å². The molecule has 2 N–H and O–H groups in total. The largest absolute Gasteiger partial charge is 0.496 e. The summed E-state index contributed by atoms with van der Waals surface area (Å²) in [6.45, 7) is 4.85. The van der Waals surface area contributed by atoms with E-state index in [0.29, 0.717) is 39.5 Å². The fraction of sp³-hybridized carbons (Fsp3) is 0.276. The van der Waals surface area contributed by atoms with Crippen LogP contribution in [0.25, 0.3) is 16.6 Å². The second kappa shape index (κ2) is 11.5. The highest BCUT2D eigenvalue weighted by Crippen LogP contribution is 2.44. The summed E-state index contributed by atoms with van der Waals surface area (Å²) in [5, 5.41) is 6.14. The number of amides is 1. The summed E-state index contributed by atoms with van der Waals surface area (Å²) < 4.78 is 7.56. The van der Waals surface area contributed by atoms with Gasteiger partial charge >= 0.3 is 0 Å². The zero-order valence-electron chi connectivity index (χ0n) is 21.5. The van der Waals surface area contributed by atoms with Gasteiger partial charge in [0.25, 0.3) is 0 Å². The highest BCUT2D eigenvalue weighted by molar-refractivity contribution is 6.42. The lowest BCUT2D eigenvalue weighted by Crippen LogP contribution is -2.38. The Hall–Kier alpha value is -3.26. The molecule has 1 aliphatic rings. The van der Waals surface area contributed by atoms with Crippen LogP contribution >= 0.6 is 34.8 Å². The predicted molar refractivity (Wildman–Crippen MR) is 157 cm³/mol. The Labute approximate surface area is 242 Å². The van der Waals surface area contributed by atoms with Gasteiger partial charge in [0.15, 0.2) is 5.82 Å². The zero-order valence-corrected chi connectivity index (χ0v) is 23.7. The van der Waals surface area contributed by atoms with E-state index in [1.165, 1.54) is 12.4 Å². The molecule has 1 amide bonds. The molecular weight excluding hydrogens is 557 g/mol. The first-order chi connectivity index (χ1) is 18.8. The number of hydrogen-bond donors (Lipinski definition) is 1. The minimum Gasteiger partial charge on any atom is -0.496 e. The molecule has 10 heteroatoms. The van der Waals surface area contributed by atoms with Crippen LogP contribution < -0.4 is 10.5 Å². The van der Waals surface area contributed by atoms with Crippen molar-refractivity contribution in [3.05, 3.63) is 87.3 Å². The van der Waals surface area contributed by atoms with E-state index in [-0.39, 0.29) is 11.8 Å². The van der Waals surface area contributed by atoms with Crippen molar-refractivity contribution in [1.29, 1.82) is 0 Å². The molecule has 7 nitrogen and oxygen atoms in total. The van der Waals surface area contributed by atoms with E-state index < -0.39 is 0 Å². The number of halogens is 3. The zero-order chi connectivity index (χ0) is 27.7. The number of nitrogens with zero attached hydrogens (tertiary/aromatic N) is 4. The van der Waals surface area contributed by atoms with E-state index in [2.05, 4.69) is 16.7 Å². The molecule has 5 rings (SSSR count). The summed E-state index contributed by atoms with van der Waals surface area (Å²) in [6, 6.07) is 11.7. The van der Waals surface area contributed by atoms with Crippen LogP contribution in [0.15, 0.2) is 55.4 Å². The Morgan fingerprint density at radius 2 is 2.00 bits per heavy atom. The van der Waals surface area contributed by atoms with Crippen LogP contribution in [-0.2, 0) is 17.6 Å². The lowest BCUT2D eigenvalue weighted by atomic mass is 9.93. The van der Waals surface area contributed by atoms with Crippen molar-refractivity contribution < 1.29 is 9.53 Å².